The average molecular weight is 507 g/mol. The fraction of sp³-hybridized carbons (Fsp3) is 0.0870. The Hall–Kier alpha value is -4.15. The van der Waals surface area contributed by atoms with Crippen LogP contribution in [-0.4, -0.2) is 35.9 Å². The van der Waals surface area contributed by atoms with Gasteiger partial charge < -0.3 is 10.1 Å². The van der Waals surface area contributed by atoms with E-state index in [9.17, 15) is 4.79 Å². The number of aromatic nitrogens is 6. The minimum atomic E-state index is -0.595. The van der Waals surface area contributed by atoms with Crippen LogP contribution in [0.5, 0.6) is 5.88 Å². The van der Waals surface area contributed by atoms with Gasteiger partial charge in [0.1, 0.15) is 12.1 Å². The Bertz CT molecular complexity index is 1680. The van der Waals surface area contributed by atoms with E-state index in [4.69, 9.17) is 33.3 Å². The molecule has 1 aliphatic heterocycles. The van der Waals surface area contributed by atoms with Crippen LogP contribution >= 0.6 is 23.2 Å². The number of nitrogens with one attached hydrogen (secondary N) is 3. The molecule has 6 rings (SSSR count). The third kappa shape index (κ3) is 3.72. The zero-order valence-electron chi connectivity index (χ0n) is 17.9. The monoisotopic (exact) mass is 506 g/mol. The number of ether oxygens (including phenoxy) is 1. The van der Waals surface area contributed by atoms with Gasteiger partial charge in [0.25, 0.3) is 0 Å². The highest BCUT2D eigenvalue weighted by atomic mass is 35.5. The van der Waals surface area contributed by atoms with Gasteiger partial charge in [-0.1, -0.05) is 41.4 Å². The first kappa shape index (κ1) is 21.4. The molecule has 0 spiro atoms. The maximum Gasteiger partial charge on any atom is 0.333 e. The Morgan fingerprint density at radius 1 is 1.11 bits per heavy atom. The van der Waals surface area contributed by atoms with Crippen LogP contribution in [0, 0.1) is 5.41 Å². The fourth-order valence-corrected chi connectivity index (χ4v) is 4.48. The predicted octanol–water partition coefficient (Wildman–Crippen LogP) is 3.89. The van der Waals surface area contributed by atoms with Gasteiger partial charge in [-0.15, -0.1) is 0 Å². The van der Waals surface area contributed by atoms with Gasteiger partial charge in [0.2, 0.25) is 11.8 Å². The zero-order chi connectivity index (χ0) is 24.1. The lowest BCUT2D eigenvalue weighted by Crippen LogP contribution is -2.34. The Kier molecular flexibility index (Phi) is 5.05. The van der Waals surface area contributed by atoms with E-state index in [1.54, 1.807) is 18.2 Å². The van der Waals surface area contributed by atoms with Gasteiger partial charge in [-0.25, -0.2) is 19.0 Å². The van der Waals surface area contributed by atoms with Crippen molar-refractivity contribution in [3.05, 3.63) is 80.7 Å². The summed E-state index contributed by atoms with van der Waals surface area (Å²) in [4.78, 5) is 24.2. The number of rotatable bonds is 4. The lowest BCUT2D eigenvalue weighted by molar-refractivity contribution is 0.357. The summed E-state index contributed by atoms with van der Waals surface area (Å²) in [7, 11) is 0. The van der Waals surface area contributed by atoms with Crippen LogP contribution in [0.2, 0.25) is 10.0 Å². The number of H-pyrrole nitrogens is 1. The minimum Gasteiger partial charge on any atom is -0.476 e. The quantitative estimate of drug-likeness (QED) is 0.339. The molecule has 2 aromatic carbocycles. The Morgan fingerprint density at radius 3 is 2.63 bits per heavy atom. The van der Waals surface area contributed by atoms with Crippen molar-refractivity contribution in [2.75, 3.05) is 11.9 Å². The molecule has 4 heterocycles. The second-order valence-corrected chi connectivity index (χ2v) is 8.60. The van der Waals surface area contributed by atoms with Gasteiger partial charge in [0.15, 0.2) is 5.65 Å². The van der Waals surface area contributed by atoms with Crippen molar-refractivity contribution in [3.63, 3.8) is 0 Å². The first-order valence-electron chi connectivity index (χ1n) is 10.6. The number of nitrogens with zero attached hydrogens (tertiary/aromatic N) is 5. The summed E-state index contributed by atoms with van der Waals surface area (Å²) in [5.41, 5.74) is 2.24. The number of anilines is 2. The number of benzene rings is 2. The molecule has 0 atom stereocenters. The fourth-order valence-electron chi connectivity index (χ4n) is 3.91. The third-order valence-electron chi connectivity index (χ3n) is 5.59. The molecule has 0 saturated heterocycles. The van der Waals surface area contributed by atoms with E-state index >= 15 is 0 Å². The molecule has 0 amide bonds. The van der Waals surface area contributed by atoms with Gasteiger partial charge in [-0.3, -0.25) is 10.4 Å². The van der Waals surface area contributed by atoms with Gasteiger partial charge in [-0.05, 0) is 24.3 Å². The van der Waals surface area contributed by atoms with Crippen molar-refractivity contribution in [1.29, 1.82) is 5.41 Å². The summed E-state index contributed by atoms with van der Waals surface area (Å²) in [6.45, 7) is 1.40. The molecule has 0 aliphatic carbocycles. The number of halogens is 2. The van der Waals surface area contributed by atoms with Crippen LogP contribution < -0.4 is 21.2 Å². The van der Waals surface area contributed by atoms with E-state index in [0.717, 1.165) is 33.9 Å². The molecule has 3 aromatic heterocycles. The molecule has 0 saturated carbocycles. The molecule has 174 valence electrons. The first-order valence-corrected chi connectivity index (χ1v) is 11.3. The van der Waals surface area contributed by atoms with E-state index in [1.165, 1.54) is 6.20 Å². The SMILES string of the molecule is N=c1c2cnc(Nc3ccc(-c4cc5n(n4)CCO5)cc3)nc2[nH]c(=O)n1-c1c(Cl)cccc1Cl. The molecule has 0 fully saturated rings. The molecule has 0 bridgehead atoms. The minimum absolute atomic E-state index is 0.134. The summed E-state index contributed by atoms with van der Waals surface area (Å²) in [5, 5.41) is 17.0. The van der Waals surface area contributed by atoms with E-state index < -0.39 is 5.69 Å². The number of hydrogen-bond donors (Lipinski definition) is 3. The van der Waals surface area contributed by atoms with E-state index in [-0.39, 0.29) is 32.8 Å². The van der Waals surface area contributed by atoms with E-state index in [2.05, 4.69) is 25.4 Å². The summed E-state index contributed by atoms with van der Waals surface area (Å²) < 4.78 is 8.46. The first-order chi connectivity index (χ1) is 17.0. The highest BCUT2D eigenvalue weighted by Crippen LogP contribution is 2.28. The van der Waals surface area contributed by atoms with Gasteiger partial charge in [-0.2, -0.15) is 10.1 Å². The number of hydrogen-bond acceptors (Lipinski definition) is 7. The van der Waals surface area contributed by atoms with Crippen LogP contribution in [0.1, 0.15) is 0 Å². The largest absolute Gasteiger partial charge is 0.476 e. The Balaban J connectivity index is 1.31. The highest BCUT2D eigenvalue weighted by molar-refractivity contribution is 6.37. The summed E-state index contributed by atoms with van der Waals surface area (Å²) in [5.74, 6) is 1.04. The molecule has 0 unspecified atom stereocenters. The molecule has 5 aromatic rings. The summed E-state index contributed by atoms with van der Waals surface area (Å²) >= 11 is 12.5. The second-order valence-electron chi connectivity index (χ2n) is 7.78. The predicted molar refractivity (Wildman–Crippen MR) is 132 cm³/mol. The van der Waals surface area contributed by atoms with Gasteiger partial charge in [0.05, 0.1) is 33.4 Å². The molecule has 0 radical (unpaired) electrons. The normalized spacial score (nSPS) is 12.5. The maximum atomic E-state index is 12.8. The van der Waals surface area contributed by atoms with Crippen molar-refractivity contribution in [3.8, 4) is 22.8 Å². The highest BCUT2D eigenvalue weighted by Gasteiger charge is 2.17. The van der Waals surface area contributed by atoms with E-state index in [1.807, 2.05) is 35.0 Å². The van der Waals surface area contributed by atoms with Crippen LogP contribution in [0.15, 0.2) is 59.5 Å². The van der Waals surface area contributed by atoms with E-state index in [0.29, 0.717) is 12.0 Å². The standard InChI is InChI=1S/C23H16Cl2N8O2/c24-15-2-1-3-16(25)19(15)33-20(26)14-11-27-22(29-21(14)30-23(33)34)28-13-6-4-12(5-7-13)17-10-18-32(31-17)8-9-35-18/h1-7,10-11,26H,8-9H2,(H2,27,28,29,30,34). The van der Waals surface area contributed by atoms with Crippen molar-refractivity contribution in [2.45, 2.75) is 6.54 Å². The Morgan fingerprint density at radius 2 is 1.89 bits per heavy atom. The topological polar surface area (TPSA) is 126 Å². The van der Waals surface area contributed by atoms with Crippen LogP contribution in [-0.2, 0) is 6.54 Å². The summed E-state index contributed by atoms with van der Waals surface area (Å²) in [6, 6.07) is 14.4. The number of para-hydroxylation sites is 1. The smallest absolute Gasteiger partial charge is 0.333 e. The Labute approximate surface area is 207 Å². The molecular formula is C23H16Cl2N8O2. The van der Waals surface area contributed by atoms with Crippen LogP contribution in [0.3, 0.4) is 0 Å². The summed E-state index contributed by atoms with van der Waals surface area (Å²) in [6.07, 6.45) is 1.46. The van der Waals surface area contributed by atoms with Crippen LogP contribution in [0.25, 0.3) is 28.0 Å². The van der Waals surface area contributed by atoms with Gasteiger partial charge in [0, 0.05) is 23.5 Å². The van der Waals surface area contributed by atoms with Gasteiger partial charge >= 0.3 is 5.69 Å². The molecule has 12 heteroatoms. The van der Waals surface area contributed by atoms with Crippen LogP contribution in [0.4, 0.5) is 11.6 Å². The average Bonchev–Trinajstić information content (AvgIpc) is 3.44. The molecule has 3 N–H and O–H groups in total. The maximum absolute atomic E-state index is 12.8. The lowest BCUT2D eigenvalue weighted by Gasteiger charge is -2.12. The molecule has 10 nitrogen and oxygen atoms in total. The molecular weight excluding hydrogens is 491 g/mol. The molecule has 35 heavy (non-hydrogen) atoms. The number of fused-ring (bicyclic) bond motifs is 2. The lowest BCUT2D eigenvalue weighted by atomic mass is 10.1. The van der Waals surface area contributed by atoms with Crippen molar-refractivity contribution >= 4 is 45.9 Å². The van der Waals surface area contributed by atoms with Crippen molar-refractivity contribution in [2.24, 2.45) is 0 Å². The van der Waals surface area contributed by atoms with Crippen molar-refractivity contribution < 1.29 is 4.74 Å². The third-order valence-corrected chi connectivity index (χ3v) is 6.20. The molecule has 1 aliphatic rings. The number of aromatic amines is 1. The van der Waals surface area contributed by atoms with Crippen molar-refractivity contribution in [1.82, 2.24) is 29.3 Å². The zero-order valence-corrected chi connectivity index (χ0v) is 19.4. The second kappa shape index (κ2) is 8.26.